The van der Waals surface area contributed by atoms with E-state index in [0.29, 0.717) is 22.6 Å². The third-order valence-corrected chi connectivity index (χ3v) is 3.24. The van der Waals surface area contributed by atoms with Crippen LogP contribution < -0.4 is 9.47 Å². The van der Waals surface area contributed by atoms with Crippen LogP contribution >= 0.6 is 0 Å². The van der Waals surface area contributed by atoms with Crippen LogP contribution in [-0.4, -0.2) is 20.0 Å². The minimum Gasteiger partial charge on any atom is -0.493 e. The lowest BCUT2D eigenvalue weighted by molar-refractivity contribution is 0.103. The Labute approximate surface area is 119 Å². The van der Waals surface area contributed by atoms with Crippen LogP contribution in [0.15, 0.2) is 42.5 Å². The van der Waals surface area contributed by atoms with E-state index in [1.807, 2.05) is 24.3 Å². The van der Waals surface area contributed by atoms with Crippen molar-refractivity contribution in [3.63, 3.8) is 0 Å². The van der Waals surface area contributed by atoms with Gasteiger partial charge < -0.3 is 9.47 Å². The van der Waals surface area contributed by atoms with Crippen LogP contribution in [0.25, 0.3) is 0 Å². The second kappa shape index (κ2) is 6.24. The molecule has 0 atom stereocenters. The molecule has 0 heterocycles. The molecule has 20 heavy (non-hydrogen) atoms. The zero-order valence-electron chi connectivity index (χ0n) is 12.0. The average molecular weight is 270 g/mol. The Kier molecular flexibility index (Phi) is 4.41. The molecule has 3 heteroatoms. The predicted molar refractivity (Wildman–Crippen MR) is 78.8 cm³/mol. The van der Waals surface area contributed by atoms with Crippen molar-refractivity contribution in [2.75, 3.05) is 14.2 Å². The molecular weight excluding hydrogens is 252 g/mol. The maximum Gasteiger partial charge on any atom is 0.196 e. The van der Waals surface area contributed by atoms with Crippen LogP contribution in [-0.2, 0) is 6.42 Å². The van der Waals surface area contributed by atoms with Crippen LogP contribution in [0.2, 0.25) is 0 Å². The Bertz CT molecular complexity index is 617. The maximum absolute atomic E-state index is 12.6. The average Bonchev–Trinajstić information content (AvgIpc) is 2.53. The highest BCUT2D eigenvalue weighted by Gasteiger charge is 2.17. The topological polar surface area (TPSA) is 35.5 Å². The third-order valence-electron chi connectivity index (χ3n) is 3.24. The van der Waals surface area contributed by atoms with Gasteiger partial charge in [-0.1, -0.05) is 31.2 Å². The van der Waals surface area contributed by atoms with Crippen molar-refractivity contribution >= 4 is 5.78 Å². The zero-order chi connectivity index (χ0) is 14.5. The minimum absolute atomic E-state index is 0.0592. The summed E-state index contributed by atoms with van der Waals surface area (Å²) in [6, 6.07) is 13.0. The SMILES string of the molecule is CCc1cccc(C(=O)c2cccc(OC)c2OC)c1. The summed E-state index contributed by atoms with van der Waals surface area (Å²) in [5.41, 5.74) is 2.31. The molecule has 0 saturated carbocycles. The molecule has 0 aromatic heterocycles. The van der Waals surface area contributed by atoms with E-state index in [-0.39, 0.29) is 5.78 Å². The number of ketones is 1. The van der Waals surface area contributed by atoms with Crippen LogP contribution in [0, 0.1) is 0 Å². The molecule has 0 spiro atoms. The molecule has 0 bridgehead atoms. The van der Waals surface area contributed by atoms with Crippen LogP contribution in [0.4, 0.5) is 0 Å². The molecule has 0 unspecified atom stereocenters. The highest BCUT2D eigenvalue weighted by molar-refractivity contribution is 6.11. The van der Waals surface area contributed by atoms with Gasteiger partial charge in [0.05, 0.1) is 19.8 Å². The van der Waals surface area contributed by atoms with Crippen LogP contribution in [0.1, 0.15) is 28.4 Å². The van der Waals surface area contributed by atoms with E-state index in [1.165, 1.54) is 7.11 Å². The largest absolute Gasteiger partial charge is 0.493 e. The molecule has 0 saturated heterocycles. The Morgan fingerprint density at radius 1 is 1.05 bits per heavy atom. The molecule has 104 valence electrons. The summed E-state index contributed by atoms with van der Waals surface area (Å²) in [6.07, 6.45) is 0.899. The fraction of sp³-hybridized carbons (Fsp3) is 0.235. The Balaban J connectivity index is 2.47. The first-order valence-corrected chi connectivity index (χ1v) is 6.55. The first kappa shape index (κ1) is 14.1. The highest BCUT2D eigenvalue weighted by Crippen LogP contribution is 2.32. The van der Waals surface area contributed by atoms with Gasteiger partial charge in [0.1, 0.15) is 0 Å². The molecule has 2 aromatic carbocycles. The third kappa shape index (κ3) is 2.67. The molecule has 0 aliphatic rings. The van der Waals surface area contributed by atoms with E-state index in [0.717, 1.165) is 12.0 Å². The van der Waals surface area contributed by atoms with Crippen molar-refractivity contribution in [3.05, 3.63) is 59.2 Å². The Morgan fingerprint density at radius 2 is 1.80 bits per heavy atom. The van der Waals surface area contributed by atoms with E-state index < -0.39 is 0 Å². The van der Waals surface area contributed by atoms with Gasteiger partial charge in [-0.05, 0) is 30.2 Å². The number of carbonyl (C=O) groups is 1. The maximum atomic E-state index is 12.6. The van der Waals surface area contributed by atoms with Crippen molar-refractivity contribution in [3.8, 4) is 11.5 Å². The van der Waals surface area contributed by atoms with Gasteiger partial charge in [0.2, 0.25) is 0 Å². The van der Waals surface area contributed by atoms with Gasteiger partial charge in [-0.3, -0.25) is 4.79 Å². The highest BCUT2D eigenvalue weighted by atomic mass is 16.5. The van der Waals surface area contributed by atoms with Gasteiger partial charge in [-0.15, -0.1) is 0 Å². The Morgan fingerprint density at radius 3 is 2.45 bits per heavy atom. The van der Waals surface area contributed by atoms with Crippen molar-refractivity contribution in [2.24, 2.45) is 0 Å². The number of hydrogen-bond donors (Lipinski definition) is 0. The molecule has 0 aliphatic heterocycles. The van der Waals surface area contributed by atoms with E-state index >= 15 is 0 Å². The second-order valence-electron chi connectivity index (χ2n) is 4.42. The standard InChI is InChI=1S/C17H18O3/c1-4-12-7-5-8-13(11-12)16(18)14-9-6-10-15(19-2)17(14)20-3/h5-11H,4H2,1-3H3. The van der Waals surface area contributed by atoms with Crippen LogP contribution in [0.3, 0.4) is 0 Å². The quantitative estimate of drug-likeness (QED) is 0.780. The van der Waals surface area contributed by atoms with Gasteiger partial charge in [-0.2, -0.15) is 0 Å². The molecule has 2 rings (SSSR count). The zero-order valence-corrected chi connectivity index (χ0v) is 12.0. The molecule has 0 N–H and O–H groups in total. The molecular formula is C17H18O3. The minimum atomic E-state index is -0.0592. The van der Waals surface area contributed by atoms with Gasteiger partial charge >= 0.3 is 0 Å². The number of aryl methyl sites for hydroxylation is 1. The van der Waals surface area contributed by atoms with Crippen molar-refractivity contribution < 1.29 is 14.3 Å². The van der Waals surface area contributed by atoms with Gasteiger partial charge in [0.25, 0.3) is 0 Å². The second-order valence-corrected chi connectivity index (χ2v) is 4.42. The van der Waals surface area contributed by atoms with Gasteiger partial charge in [0, 0.05) is 5.56 Å². The number of rotatable bonds is 5. The van der Waals surface area contributed by atoms with E-state index in [2.05, 4.69) is 6.92 Å². The summed E-state index contributed by atoms with van der Waals surface area (Å²) in [5, 5.41) is 0. The smallest absolute Gasteiger partial charge is 0.196 e. The summed E-state index contributed by atoms with van der Waals surface area (Å²) in [5.74, 6) is 0.975. The number of para-hydroxylation sites is 1. The van der Waals surface area contributed by atoms with Crippen molar-refractivity contribution in [1.82, 2.24) is 0 Å². The molecule has 0 aliphatic carbocycles. The normalized spacial score (nSPS) is 10.2. The van der Waals surface area contributed by atoms with Gasteiger partial charge in [0.15, 0.2) is 17.3 Å². The molecule has 2 aromatic rings. The lowest BCUT2D eigenvalue weighted by atomic mass is 9.99. The van der Waals surface area contributed by atoms with E-state index in [4.69, 9.17) is 9.47 Å². The molecule has 0 amide bonds. The van der Waals surface area contributed by atoms with Crippen LogP contribution in [0.5, 0.6) is 11.5 Å². The number of hydrogen-bond acceptors (Lipinski definition) is 3. The summed E-state index contributed by atoms with van der Waals surface area (Å²) in [7, 11) is 3.10. The number of carbonyl (C=O) groups excluding carboxylic acids is 1. The molecule has 3 nitrogen and oxygen atoms in total. The monoisotopic (exact) mass is 270 g/mol. The number of methoxy groups -OCH3 is 2. The number of benzene rings is 2. The summed E-state index contributed by atoms with van der Waals surface area (Å²) in [4.78, 5) is 12.6. The van der Waals surface area contributed by atoms with E-state index in [9.17, 15) is 4.79 Å². The molecule has 0 radical (unpaired) electrons. The first-order chi connectivity index (χ1) is 9.71. The van der Waals surface area contributed by atoms with Gasteiger partial charge in [-0.25, -0.2) is 0 Å². The number of ether oxygens (including phenoxy) is 2. The lowest BCUT2D eigenvalue weighted by Gasteiger charge is -2.12. The van der Waals surface area contributed by atoms with E-state index in [1.54, 1.807) is 25.3 Å². The summed E-state index contributed by atoms with van der Waals surface area (Å²) < 4.78 is 10.6. The summed E-state index contributed by atoms with van der Waals surface area (Å²) in [6.45, 7) is 2.07. The summed E-state index contributed by atoms with van der Waals surface area (Å²) >= 11 is 0. The first-order valence-electron chi connectivity index (χ1n) is 6.55. The lowest BCUT2D eigenvalue weighted by Crippen LogP contribution is -2.05. The van der Waals surface area contributed by atoms with Crippen molar-refractivity contribution in [1.29, 1.82) is 0 Å². The van der Waals surface area contributed by atoms with Crippen molar-refractivity contribution in [2.45, 2.75) is 13.3 Å². The Hall–Kier alpha value is -2.29. The predicted octanol–water partition coefficient (Wildman–Crippen LogP) is 3.50. The molecule has 0 fully saturated rings. The fourth-order valence-electron chi connectivity index (χ4n) is 2.15. The fourth-order valence-corrected chi connectivity index (χ4v) is 2.15.